The zero-order valence-electron chi connectivity index (χ0n) is 29.6. The molecular weight excluding hydrogens is 602 g/mol. The molecule has 4 amide bonds. The van der Waals surface area contributed by atoms with Gasteiger partial charge in [0.25, 0.3) is 11.8 Å². The lowest BCUT2D eigenvalue weighted by atomic mass is 9.83. The maximum absolute atomic E-state index is 12.6. The van der Waals surface area contributed by atoms with Crippen molar-refractivity contribution in [3.05, 3.63) is 53.3 Å². The summed E-state index contributed by atoms with van der Waals surface area (Å²) in [4.78, 5) is 65.0. The Morgan fingerprint density at radius 2 is 1.45 bits per heavy atom. The Morgan fingerprint density at radius 3 is 1.98 bits per heavy atom. The Hall–Kier alpha value is -3.99. The van der Waals surface area contributed by atoms with E-state index in [9.17, 15) is 24.0 Å². The summed E-state index contributed by atoms with van der Waals surface area (Å²) in [5, 5.41) is 0. The second kappa shape index (κ2) is 14.8. The van der Waals surface area contributed by atoms with Crippen molar-refractivity contribution in [2.45, 2.75) is 86.2 Å². The smallest absolute Gasteiger partial charge is 0.333 e. The van der Waals surface area contributed by atoms with E-state index in [0.29, 0.717) is 32.6 Å². The number of allylic oxidation sites excluding steroid dienone is 3. The number of ether oxygens (including phenoxy) is 3. The number of para-hydroxylation sites is 1. The highest BCUT2D eigenvalue weighted by atomic mass is 16.6. The molecule has 4 rings (SSSR count). The van der Waals surface area contributed by atoms with E-state index in [1.54, 1.807) is 6.08 Å². The quantitative estimate of drug-likeness (QED) is 0.102. The number of likely N-dealkylation sites (N-methyl/N-ethyl adjacent to an activating group) is 2. The fraction of sp³-hybridized carbons (Fsp3) is 0.583. The van der Waals surface area contributed by atoms with Gasteiger partial charge < -0.3 is 19.1 Å². The lowest BCUT2D eigenvalue weighted by Gasteiger charge is -2.29. The summed E-state index contributed by atoms with van der Waals surface area (Å²) in [6.07, 6.45) is 5.58. The molecule has 3 aliphatic heterocycles. The van der Waals surface area contributed by atoms with Crippen molar-refractivity contribution in [1.82, 2.24) is 9.80 Å². The van der Waals surface area contributed by atoms with E-state index >= 15 is 0 Å². The molecule has 0 saturated carbocycles. The van der Waals surface area contributed by atoms with Crippen LogP contribution in [0.25, 0.3) is 0 Å². The molecule has 47 heavy (non-hydrogen) atoms. The van der Waals surface area contributed by atoms with Crippen LogP contribution in [0.15, 0.2) is 47.7 Å². The van der Waals surface area contributed by atoms with Gasteiger partial charge >= 0.3 is 18.0 Å². The van der Waals surface area contributed by atoms with Crippen molar-refractivity contribution in [2.75, 3.05) is 45.4 Å². The molecule has 258 valence electrons. The van der Waals surface area contributed by atoms with Crippen molar-refractivity contribution in [2.24, 2.45) is 10.8 Å². The molecule has 2 fully saturated rings. The maximum atomic E-state index is 12.6. The molecule has 3 aliphatic rings. The van der Waals surface area contributed by atoms with Crippen LogP contribution >= 0.6 is 0 Å². The Bertz CT molecular complexity index is 1410. The van der Waals surface area contributed by atoms with Gasteiger partial charge in [0, 0.05) is 37.4 Å². The van der Waals surface area contributed by atoms with Crippen molar-refractivity contribution in [3.63, 3.8) is 0 Å². The van der Waals surface area contributed by atoms with Crippen LogP contribution < -0.4 is 4.90 Å². The minimum atomic E-state index is -0.652. The number of amides is 4. The van der Waals surface area contributed by atoms with Gasteiger partial charge in [-0.3, -0.25) is 29.0 Å². The van der Waals surface area contributed by atoms with Gasteiger partial charge in [0.05, 0.1) is 24.0 Å². The number of urea groups is 1. The van der Waals surface area contributed by atoms with Gasteiger partial charge in [0.15, 0.2) is 0 Å². The summed E-state index contributed by atoms with van der Waals surface area (Å²) in [7, 11) is 2.72. The number of esters is 2. The summed E-state index contributed by atoms with van der Waals surface area (Å²) in [6, 6.07) is 7.40. The van der Waals surface area contributed by atoms with E-state index in [0.717, 1.165) is 39.8 Å². The first-order valence-electron chi connectivity index (χ1n) is 16.3. The Morgan fingerprint density at radius 1 is 0.915 bits per heavy atom. The molecule has 3 heterocycles. The summed E-state index contributed by atoms with van der Waals surface area (Å²) >= 11 is 0. The van der Waals surface area contributed by atoms with Gasteiger partial charge in [-0.25, -0.2) is 4.79 Å². The number of barbiturate groups is 1. The maximum Gasteiger partial charge on any atom is 0.333 e. The Balaban J connectivity index is 0.000000420. The molecule has 0 radical (unpaired) electrons. The number of benzene rings is 1. The molecule has 11 nitrogen and oxygen atoms in total. The van der Waals surface area contributed by atoms with Crippen LogP contribution in [0.4, 0.5) is 10.5 Å². The third-order valence-corrected chi connectivity index (χ3v) is 9.29. The highest BCUT2D eigenvalue weighted by Gasteiger charge is 2.41. The van der Waals surface area contributed by atoms with Gasteiger partial charge in [-0.05, 0) is 70.7 Å². The first-order chi connectivity index (χ1) is 21.9. The monoisotopic (exact) mass is 653 g/mol. The average Bonchev–Trinajstić information content (AvgIpc) is 3.85. The van der Waals surface area contributed by atoms with Gasteiger partial charge in [-0.15, -0.1) is 0 Å². The van der Waals surface area contributed by atoms with E-state index < -0.39 is 23.3 Å². The number of nitrogens with zero attached hydrogens (tertiary/aromatic N) is 3. The number of rotatable bonds is 11. The summed E-state index contributed by atoms with van der Waals surface area (Å²) in [5.41, 5.74) is 1.75. The van der Waals surface area contributed by atoms with Crippen LogP contribution in [0.5, 0.6) is 0 Å². The van der Waals surface area contributed by atoms with E-state index in [1.165, 1.54) is 20.2 Å². The Labute approximate surface area is 278 Å². The van der Waals surface area contributed by atoms with Crippen LogP contribution in [0, 0.1) is 10.8 Å². The second-order valence-electron chi connectivity index (χ2n) is 14.0. The van der Waals surface area contributed by atoms with E-state index in [4.69, 9.17) is 14.2 Å². The zero-order chi connectivity index (χ0) is 35.3. The molecule has 0 N–H and O–H groups in total. The summed E-state index contributed by atoms with van der Waals surface area (Å²) in [5.74, 6) is -1.58. The van der Waals surface area contributed by atoms with Gasteiger partial charge in [0.1, 0.15) is 18.3 Å². The summed E-state index contributed by atoms with van der Waals surface area (Å²) in [6.45, 7) is 17.7. The van der Waals surface area contributed by atoms with Crippen LogP contribution in [-0.4, -0.2) is 86.1 Å². The van der Waals surface area contributed by atoms with Crippen LogP contribution in [0.1, 0.15) is 80.2 Å². The molecule has 1 aromatic carbocycles. The molecule has 1 unspecified atom stereocenters. The number of anilines is 1. The van der Waals surface area contributed by atoms with Gasteiger partial charge in [0.2, 0.25) is 0 Å². The third-order valence-electron chi connectivity index (χ3n) is 9.29. The molecule has 1 atom stereocenters. The van der Waals surface area contributed by atoms with Crippen molar-refractivity contribution in [1.29, 1.82) is 0 Å². The molecule has 0 aromatic heterocycles. The molecular formula is C36H51N3O8. The highest BCUT2D eigenvalue weighted by molar-refractivity contribution is 6.28. The predicted molar refractivity (Wildman–Crippen MR) is 178 cm³/mol. The average molecular weight is 654 g/mol. The van der Waals surface area contributed by atoms with Crippen molar-refractivity contribution >= 4 is 35.5 Å². The van der Waals surface area contributed by atoms with Gasteiger partial charge in [-0.1, -0.05) is 45.9 Å². The van der Waals surface area contributed by atoms with Crippen LogP contribution in [0.3, 0.4) is 0 Å². The lowest BCUT2D eigenvalue weighted by molar-refractivity contribution is -0.155. The molecule has 0 bridgehead atoms. The van der Waals surface area contributed by atoms with E-state index in [1.807, 2.05) is 59.7 Å². The number of fused-ring (bicyclic) bond motifs is 1. The number of carbonyl (C=O) groups is 5. The number of hydrogen-bond acceptors (Lipinski definition) is 9. The fourth-order valence-electron chi connectivity index (χ4n) is 4.94. The molecule has 2 saturated heterocycles. The molecule has 1 aromatic rings. The molecule has 0 aliphatic carbocycles. The van der Waals surface area contributed by atoms with E-state index in [2.05, 4.69) is 24.8 Å². The zero-order valence-corrected chi connectivity index (χ0v) is 29.6. The van der Waals surface area contributed by atoms with Crippen molar-refractivity contribution in [3.8, 4) is 0 Å². The number of hydrogen-bond donors (Lipinski definition) is 0. The number of epoxide rings is 1. The molecule has 0 spiro atoms. The van der Waals surface area contributed by atoms with Gasteiger partial charge in [-0.2, -0.15) is 0 Å². The largest absolute Gasteiger partial charge is 0.465 e. The van der Waals surface area contributed by atoms with Crippen molar-refractivity contribution < 1.29 is 38.2 Å². The summed E-state index contributed by atoms with van der Waals surface area (Å²) < 4.78 is 15.5. The predicted octanol–water partition coefficient (Wildman–Crippen LogP) is 5.38. The van der Waals surface area contributed by atoms with Crippen LogP contribution in [0.2, 0.25) is 0 Å². The standard InChI is InChI=1S/C27H35N3O5.C9H16O3/c1-8-26(2,3)24(33)35-17-11-16-30-20-13-10-9-12-19(20)27(4,5)21(30)15-14-18-22(31)28(6)25(34)29(7)23(18)32;1-4-9(2,3)8(10)12-6-7-5-11-7/h9-10,12-15H,8,11,16-17H2,1-7H3;7H,4-6H2,1-3H3/b21-15+;. The number of carbonyl (C=O) groups excluding carboxylic acids is 5. The lowest BCUT2D eigenvalue weighted by Crippen LogP contribution is -2.53. The Kier molecular flexibility index (Phi) is 11.8. The third kappa shape index (κ3) is 8.49. The first kappa shape index (κ1) is 37.5. The first-order valence-corrected chi connectivity index (χ1v) is 16.3. The SMILES string of the molecule is CCC(C)(C)C(=O)OCC1CO1.CCC(C)(C)C(=O)OCCCN1/C(=C/C=C2C(=O)N(C)C(=O)N(C)C2=O)C(C)(C)c2ccccc21. The topological polar surface area (TPSA) is 126 Å². The normalized spacial score (nSPS) is 19.7. The minimum absolute atomic E-state index is 0.0652. The molecule has 11 heteroatoms. The van der Waals surface area contributed by atoms with E-state index in [-0.39, 0.29) is 34.4 Å². The van der Waals surface area contributed by atoms with Crippen LogP contribution in [-0.2, 0) is 38.8 Å². The fourth-order valence-corrected chi connectivity index (χ4v) is 4.94. The second-order valence-corrected chi connectivity index (χ2v) is 14.0. The number of imide groups is 2. The minimum Gasteiger partial charge on any atom is -0.465 e. The highest BCUT2D eigenvalue weighted by Crippen LogP contribution is 2.47.